The minimum Gasteiger partial charge on any atom is -0.385 e. The summed E-state index contributed by atoms with van der Waals surface area (Å²) >= 11 is 0. The Balaban J connectivity index is 2.41. The fourth-order valence-corrected chi connectivity index (χ4v) is 3.26. The fraction of sp³-hybridized carbons (Fsp3) is 0.625. The first-order chi connectivity index (χ1) is 8.06. The van der Waals surface area contributed by atoms with Gasteiger partial charge in [0, 0.05) is 0 Å². The molecule has 0 bridgehead atoms. The van der Waals surface area contributed by atoms with E-state index >= 15 is 0 Å². The molecule has 17 heavy (non-hydrogen) atoms. The summed E-state index contributed by atoms with van der Waals surface area (Å²) in [4.78, 5) is 0. The molecule has 0 fully saturated rings. The Morgan fingerprint density at radius 2 is 1.82 bits per heavy atom. The van der Waals surface area contributed by atoms with E-state index in [0.29, 0.717) is 0 Å². The first-order valence-corrected chi connectivity index (χ1v) is 6.88. The highest BCUT2D eigenvalue weighted by molar-refractivity contribution is 5.43. The van der Waals surface area contributed by atoms with Crippen LogP contribution in [0.15, 0.2) is 24.3 Å². The van der Waals surface area contributed by atoms with Gasteiger partial charge in [-0.3, -0.25) is 0 Å². The SMILES string of the molecule is CCCCC1(O)CC(C)(CC)c2ccccc21. The summed E-state index contributed by atoms with van der Waals surface area (Å²) in [6.07, 6.45) is 5.13. The molecule has 1 aliphatic rings. The molecule has 0 spiro atoms. The molecule has 0 saturated heterocycles. The molecule has 1 aliphatic carbocycles. The molecule has 0 radical (unpaired) electrons. The molecule has 0 aliphatic heterocycles. The van der Waals surface area contributed by atoms with E-state index in [2.05, 4.69) is 45.0 Å². The molecular weight excluding hydrogens is 208 g/mol. The van der Waals surface area contributed by atoms with Crippen molar-refractivity contribution in [3.8, 4) is 0 Å². The average Bonchev–Trinajstić information content (AvgIpc) is 2.58. The molecule has 1 N–H and O–H groups in total. The lowest BCUT2D eigenvalue weighted by molar-refractivity contribution is 0.0125. The maximum absolute atomic E-state index is 10.9. The largest absolute Gasteiger partial charge is 0.385 e. The molecule has 1 aromatic rings. The smallest absolute Gasteiger partial charge is 0.0907 e. The van der Waals surface area contributed by atoms with Gasteiger partial charge in [-0.2, -0.15) is 0 Å². The lowest BCUT2D eigenvalue weighted by Crippen LogP contribution is -2.26. The molecule has 2 atom stereocenters. The van der Waals surface area contributed by atoms with Crippen molar-refractivity contribution in [1.82, 2.24) is 0 Å². The van der Waals surface area contributed by atoms with Gasteiger partial charge in [0.15, 0.2) is 0 Å². The monoisotopic (exact) mass is 232 g/mol. The first kappa shape index (κ1) is 12.6. The summed E-state index contributed by atoms with van der Waals surface area (Å²) in [5, 5.41) is 10.9. The Morgan fingerprint density at radius 3 is 2.41 bits per heavy atom. The van der Waals surface area contributed by atoms with Crippen molar-refractivity contribution in [2.45, 2.75) is 63.9 Å². The first-order valence-electron chi connectivity index (χ1n) is 6.88. The van der Waals surface area contributed by atoms with Crippen LogP contribution in [0, 0.1) is 0 Å². The number of benzene rings is 1. The van der Waals surface area contributed by atoms with Gasteiger partial charge in [0.25, 0.3) is 0 Å². The normalized spacial score (nSPS) is 31.5. The number of rotatable bonds is 4. The van der Waals surface area contributed by atoms with E-state index in [4.69, 9.17) is 0 Å². The van der Waals surface area contributed by atoms with Gasteiger partial charge in [-0.25, -0.2) is 0 Å². The summed E-state index contributed by atoms with van der Waals surface area (Å²) in [7, 11) is 0. The van der Waals surface area contributed by atoms with E-state index in [1.807, 2.05) is 0 Å². The van der Waals surface area contributed by atoms with E-state index in [9.17, 15) is 5.11 Å². The van der Waals surface area contributed by atoms with Crippen molar-refractivity contribution in [3.63, 3.8) is 0 Å². The van der Waals surface area contributed by atoms with Gasteiger partial charge in [0.05, 0.1) is 5.60 Å². The van der Waals surface area contributed by atoms with E-state index in [0.717, 1.165) is 32.1 Å². The molecule has 1 heteroatoms. The van der Waals surface area contributed by atoms with Gasteiger partial charge < -0.3 is 5.11 Å². The summed E-state index contributed by atoms with van der Waals surface area (Å²) < 4.78 is 0. The zero-order chi connectivity index (χ0) is 12.5. The molecule has 0 amide bonds. The second-order valence-electron chi connectivity index (χ2n) is 5.77. The Hall–Kier alpha value is -0.820. The van der Waals surface area contributed by atoms with Crippen LogP contribution in [0.2, 0.25) is 0 Å². The van der Waals surface area contributed by atoms with Gasteiger partial charge in [-0.15, -0.1) is 0 Å². The van der Waals surface area contributed by atoms with Crippen molar-refractivity contribution in [3.05, 3.63) is 35.4 Å². The molecule has 1 aromatic carbocycles. The topological polar surface area (TPSA) is 20.2 Å². The number of hydrogen-bond acceptors (Lipinski definition) is 1. The highest BCUT2D eigenvalue weighted by Crippen LogP contribution is 2.51. The summed E-state index contributed by atoms with van der Waals surface area (Å²) in [6.45, 7) is 6.70. The van der Waals surface area contributed by atoms with Gasteiger partial charge in [0.1, 0.15) is 0 Å². The Kier molecular flexibility index (Phi) is 3.31. The molecule has 0 saturated carbocycles. The molecule has 2 unspecified atom stereocenters. The van der Waals surface area contributed by atoms with Crippen molar-refractivity contribution in [2.24, 2.45) is 0 Å². The third-order valence-electron chi connectivity index (χ3n) is 4.49. The third kappa shape index (κ3) is 2.01. The minimum atomic E-state index is -0.586. The van der Waals surface area contributed by atoms with E-state index < -0.39 is 5.60 Å². The van der Waals surface area contributed by atoms with Gasteiger partial charge >= 0.3 is 0 Å². The Morgan fingerprint density at radius 1 is 1.18 bits per heavy atom. The van der Waals surface area contributed by atoms with Crippen LogP contribution in [0.3, 0.4) is 0 Å². The summed E-state index contributed by atoms with van der Waals surface area (Å²) in [6, 6.07) is 8.46. The van der Waals surface area contributed by atoms with Crippen molar-refractivity contribution >= 4 is 0 Å². The lowest BCUT2D eigenvalue weighted by Gasteiger charge is -2.28. The second-order valence-corrected chi connectivity index (χ2v) is 5.77. The van der Waals surface area contributed by atoms with E-state index in [1.54, 1.807) is 0 Å². The van der Waals surface area contributed by atoms with Crippen LogP contribution in [0.25, 0.3) is 0 Å². The zero-order valence-electron chi connectivity index (χ0n) is 11.3. The van der Waals surface area contributed by atoms with Crippen molar-refractivity contribution < 1.29 is 5.11 Å². The van der Waals surface area contributed by atoms with Crippen molar-refractivity contribution in [2.75, 3.05) is 0 Å². The number of hydrogen-bond donors (Lipinski definition) is 1. The highest BCUT2D eigenvalue weighted by Gasteiger charge is 2.47. The standard InChI is InChI=1S/C16H24O/c1-4-6-11-16(17)12-15(3,5-2)13-9-7-8-10-14(13)16/h7-10,17H,4-6,11-12H2,1-3H3. The van der Waals surface area contributed by atoms with E-state index in [1.165, 1.54) is 11.1 Å². The van der Waals surface area contributed by atoms with E-state index in [-0.39, 0.29) is 5.41 Å². The van der Waals surface area contributed by atoms with Gasteiger partial charge in [-0.05, 0) is 35.8 Å². The van der Waals surface area contributed by atoms with Crippen LogP contribution in [0.5, 0.6) is 0 Å². The zero-order valence-corrected chi connectivity index (χ0v) is 11.3. The van der Waals surface area contributed by atoms with Crippen LogP contribution < -0.4 is 0 Å². The maximum Gasteiger partial charge on any atom is 0.0907 e. The van der Waals surface area contributed by atoms with Crippen LogP contribution >= 0.6 is 0 Å². The van der Waals surface area contributed by atoms with Crippen LogP contribution in [-0.4, -0.2) is 5.11 Å². The Labute approximate surface area is 105 Å². The summed E-state index contributed by atoms with van der Waals surface area (Å²) in [5.41, 5.74) is 2.11. The van der Waals surface area contributed by atoms with Crippen molar-refractivity contribution in [1.29, 1.82) is 0 Å². The highest BCUT2D eigenvalue weighted by atomic mass is 16.3. The maximum atomic E-state index is 10.9. The molecule has 0 heterocycles. The molecule has 2 rings (SSSR count). The van der Waals surface area contributed by atoms with Crippen LogP contribution in [0.4, 0.5) is 0 Å². The average molecular weight is 232 g/mol. The predicted octanol–water partition coefficient (Wildman–Crippen LogP) is 4.14. The third-order valence-corrected chi connectivity index (χ3v) is 4.49. The number of aliphatic hydroxyl groups is 1. The van der Waals surface area contributed by atoms with Gasteiger partial charge in [-0.1, -0.05) is 57.9 Å². The molecule has 1 nitrogen and oxygen atoms in total. The quantitative estimate of drug-likeness (QED) is 0.827. The Bertz CT molecular complexity index is 398. The number of unbranched alkanes of at least 4 members (excludes halogenated alkanes) is 1. The predicted molar refractivity (Wildman–Crippen MR) is 72.1 cm³/mol. The molecular formula is C16H24O. The fourth-order valence-electron chi connectivity index (χ4n) is 3.26. The minimum absolute atomic E-state index is 0.152. The summed E-state index contributed by atoms with van der Waals surface area (Å²) in [5.74, 6) is 0. The van der Waals surface area contributed by atoms with Crippen LogP contribution in [-0.2, 0) is 11.0 Å². The molecule has 0 aromatic heterocycles. The van der Waals surface area contributed by atoms with Crippen LogP contribution in [0.1, 0.15) is 64.0 Å². The van der Waals surface area contributed by atoms with Gasteiger partial charge in [0.2, 0.25) is 0 Å². The second kappa shape index (κ2) is 4.45. The number of fused-ring (bicyclic) bond motifs is 1. The lowest BCUT2D eigenvalue weighted by atomic mass is 9.80. The molecule has 94 valence electrons.